The number of nitrogens with zero attached hydrogens (tertiary/aromatic N) is 1. The number of hydrogen-bond donors (Lipinski definition) is 1. The second-order valence-corrected chi connectivity index (χ2v) is 10.6. The number of sulfonamides is 1. The summed E-state index contributed by atoms with van der Waals surface area (Å²) in [6, 6.07) is 12.9. The highest BCUT2D eigenvalue weighted by Gasteiger charge is 2.28. The van der Waals surface area contributed by atoms with Gasteiger partial charge in [0.15, 0.2) is 0 Å². The van der Waals surface area contributed by atoms with Gasteiger partial charge in [-0.1, -0.05) is 44.2 Å². The van der Waals surface area contributed by atoms with Crippen molar-refractivity contribution in [3.05, 3.63) is 64.7 Å². The Hall–Kier alpha value is -2.18. The van der Waals surface area contributed by atoms with Crippen molar-refractivity contribution in [1.29, 1.82) is 0 Å². The van der Waals surface area contributed by atoms with Crippen molar-refractivity contribution >= 4 is 15.9 Å². The third-order valence-corrected chi connectivity index (χ3v) is 7.52. The van der Waals surface area contributed by atoms with Gasteiger partial charge in [0.05, 0.1) is 10.9 Å². The van der Waals surface area contributed by atoms with E-state index in [0.717, 1.165) is 30.4 Å². The molecule has 1 saturated heterocycles. The van der Waals surface area contributed by atoms with Gasteiger partial charge in [-0.2, -0.15) is 4.31 Å². The predicted octanol–water partition coefficient (Wildman–Crippen LogP) is 4.47. The molecule has 2 aromatic rings. The molecule has 1 heterocycles. The highest BCUT2D eigenvalue weighted by molar-refractivity contribution is 7.89. The van der Waals surface area contributed by atoms with Crippen LogP contribution < -0.4 is 5.32 Å². The van der Waals surface area contributed by atoms with E-state index >= 15 is 0 Å². The van der Waals surface area contributed by atoms with Crippen LogP contribution in [0.4, 0.5) is 0 Å². The molecule has 0 aromatic heterocycles. The summed E-state index contributed by atoms with van der Waals surface area (Å²) in [5.74, 6) is 0.338. The molecule has 162 valence electrons. The second kappa shape index (κ2) is 9.31. The van der Waals surface area contributed by atoms with Gasteiger partial charge in [0.25, 0.3) is 5.91 Å². The van der Waals surface area contributed by atoms with Crippen LogP contribution in [-0.4, -0.2) is 31.7 Å². The summed E-state index contributed by atoms with van der Waals surface area (Å²) in [6.45, 7) is 9.24. The van der Waals surface area contributed by atoms with Crippen LogP contribution in [0.3, 0.4) is 0 Å². The lowest BCUT2D eigenvalue weighted by Crippen LogP contribution is -2.29. The standard InChI is InChI=1S/C24H32N2O3S/c1-17(2)15-20-8-10-21(11-9-20)19(4)25-24(27)23-16-22(12-7-18(23)3)30(28,29)26-13-5-6-14-26/h7-12,16-17,19H,5-6,13-15H2,1-4H3,(H,25,27). The maximum absolute atomic E-state index is 12.9. The third-order valence-electron chi connectivity index (χ3n) is 5.63. The zero-order valence-electron chi connectivity index (χ0n) is 18.3. The van der Waals surface area contributed by atoms with E-state index in [1.165, 1.54) is 15.9 Å². The molecule has 1 fully saturated rings. The molecule has 2 aromatic carbocycles. The first-order valence-electron chi connectivity index (χ1n) is 10.7. The quantitative estimate of drug-likeness (QED) is 0.708. The van der Waals surface area contributed by atoms with Crippen molar-refractivity contribution in [2.75, 3.05) is 13.1 Å². The first-order valence-corrected chi connectivity index (χ1v) is 12.1. The van der Waals surface area contributed by atoms with Gasteiger partial charge in [-0.05, 0) is 67.9 Å². The molecule has 1 unspecified atom stereocenters. The van der Waals surface area contributed by atoms with E-state index in [9.17, 15) is 13.2 Å². The SMILES string of the molecule is Cc1ccc(S(=O)(=O)N2CCCC2)cc1C(=O)NC(C)c1ccc(CC(C)C)cc1. The number of hydrogen-bond acceptors (Lipinski definition) is 3. The Labute approximate surface area is 180 Å². The zero-order valence-corrected chi connectivity index (χ0v) is 19.1. The van der Waals surface area contributed by atoms with Crippen molar-refractivity contribution in [1.82, 2.24) is 9.62 Å². The summed E-state index contributed by atoms with van der Waals surface area (Å²) in [5, 5.41) is 3.01. The molecule has 0 spiro atoms. The van der Waals surface area contributed by atoms with Crippen LogP contribution in [0.5, 0.6) is 0 Å². The van der Waals surface area contributed by atoms with E-state index in [2.05, 4.69) is 31.3 Å². The Morgan fingerprint density at radius 2 is 1.67 bits per heavy atom. The summed E-state index contributed by atoms with van der Waals surface area (Å²) in [6.07, 6.45) is 2.79. The van der Waals surface area contributed by atoms with Gasteiger partial charge < -0.3 is 5.32 Å². The molecule has 0 aliphatic carbocycles. The Bertz CT molecular complexity index is 992. The highest BCUT2D eigenvalue weighted by Crippen LogP contribution is 2.24. The summed E-state index contributed by atoms with van der Waals surface area (Å²) in [7, 11) is -3.55. The van der Waals surface area contributed by atoms with Crippen molar-refractivity contribution in [3.63, 3.8) is 0 Å². The van der Waals surface area contributed by atoms with Crippen LogP contribution in [-0.2, 0) is 16.4 Å². The number of carbonyl (C=O) groups is 1. The minimum atomic E-state index is -3.55. The lowest BCUT2D eigenvalue weighted by molar-refractivity contribution is 0.0939. The van der Waals surface area contributed by atoms with E-state index in [4.69, 9.17) is 0 Å². The van der Waals surface area contributed by atoms with Gasteiger partial charge >= 0.3 is 0 Å². The van der Waals surface area contributed by atoms with Crippen LogP contribution in [0.1, 0.15) is 66.7 Å². The topological polar surface area (TPSA) is 66.5 Å². The van der Waals surface area contributed by atoms with E-state index in [0.29, 0.717) is 24.6 Å². The molecule has 1 N–H and O–H groups in total. The molecule has 1 atom stereocenters. The van der Waals surface area contributed by atoms with Crippen LogP contribution in [0.15, 0.2) is 47.4 Å². The number of carbonyl (C=O) groups excluding carboxylic acids is 1. The molecule has 30 heavy (non-hydrogen) atoms. The number of rotatable bonds is 7. The molecule has 0 bridgehead atoms. The smallest absolute Gasteiger partial charge is 0.252 e. The predicted molar refractivity (Wildman–Crippen MR) is 120 cm³/mol. The molecule has 6 heteroatoms. The fraction of sp³-hybridized carbons (Fsp3) is 0.458. The van der Waals surface area contributed by atoms with Gasteiger partial charge in [0, 0.05) is 18.7 Å². The fourth-order valence-electron chi connectivity index (χ4n) is 3.86. The Morgan fingerprint density at radius 3 is 2.27 bits per heavy atom. The number of benzene rings is 2. The van der Waals surface area contributed by atoms with Gasteiger partial charge in [0.2, 0.25) is 10.0 Å². The molecular weight excluding hydrogens is 396 g/mol. The van der Waals surface area contributed by atoms with Gasteiger partial charge in [0.1, 0.15) is 0 Å². The molecule has 1 aliphatic heterocycles. The maximum Gasteiger partial charge on any atom is 0.252 e. The number of amides is 1. The average Bonchev–Trinajstić information content (AvgIpc) is 3.24. The summed E-state index contributed by atoms with van der Waals surface area (Å²) >= 11 is 0. The average molecular weight is 429 g/mol. The molecule has 5 nitrogen and oxygen atoms in total. The Kier molecular flexibility index (Phi) is 6.98. The molecule has 0 radical (unpaired) electrons. The van der Waals surface area contributed by atoms with E-state index in [1.54, 1.807) is 12.1 Å². The molecule has 1 amide bonds. The molecular formula is C24H32N2O3S. The largest absolute Gasteiger partial charge is 0.346 e. The molecule has 1 aliphatic rings. The van der Waals surface area contributed by atoms with Gasteiger partial charge in [-0.3, -0.25) is 4.79 Å². The monoisotopic (exact) mass is 428 g/mol. The minimum Gasteiger partial charge on any atom is -0.346 e. The maximum atomic E-state index is 12.9. The second-order valence-electron chi connectivity index (χ2n) is 8.62. The van der Waals surface area contributed by atoms with E-state index < -0.39 is 10.0 Å². The number of aryl methyl sites for hydroxylation is 1. The first-order chi connectivity index (χ1) is 14.2. The molecule has 0 saturated carbocycles. The minimum absolute atomic E-state index is 0.177. The lowest BCUT2D eigenvalue weighted by atomic mass is 9.99. The third kappa shape index (κ3) is 5.10. The zero-order chi connectivity index (χ0) is 21.9. The Morgan fingerprint density at radius 1 is 1.03 bits per heavy atom. The van der Waals surface area contributed by atoms with Crippen molar-refractivity contribution < 1.29 is 13.2 Å². The summed E-state index contributed by atoms with van der Waals surface area (Å²) in [5.41, 5.74) is 3.46. The van der Waals surface area contributed by atoms with Crippen molar-refractivity contribution in [3.8, 4) is 0 Å². The fourth-order valence-corrected chi connectivity index (χ4v) is 5.40. The highest BCUT2D eigenvalue weighted by atomic mass is 32.2. The number of nitrogens with one attached hydrogen (secondary N) is 1. The first kappa shape index (κ1) is 22.5. The Balaban J connectivity index is 1.76. The van der Waals surface area contributed by atoms with Crippen molar-refractivity contribution in [2.45, 2.75) is 57.9 Å². The molecule has 3 rings (SSSR count). The lowest BCUT2D eigenvalue weighted by Gasteiger charge is -2.18. The van der Waals surface area contributed by atoms with Crippen molar-refractivity contribution in [2.24, 2.45) is 5.92 Å². The normalized spacial score (nSPS) is 16.0. The van der Waals surface area contributed by atoms with E-state index in [-0.39, 0.29) is 16.8 Å². The van der Waals surface area contributed by atoms with Crippen LogP contribution in [0.25, 0.3) is 0 Å². The summed E-state index contributed by atoms with van der Waals surface area (Å²) < 4.78 is 27.2. The van der Waals surface area contributed by atoms with Crippen LogP contribution >= 0.6 is 0 Å². The van der Waals surface area contributed by atoms with Crippen LogP contribution in [0, 0.1) is 12.8 Å². The van der Waals surface area contributed by atoms with Gasteiger partial charge in [-0.15, -0.1) is 0 Å². The van der Waals surface area contributed by atoms with Gasteiger partial charge in [-0.25, -0.2) is 8.42 Å². The van der Waals surface area contributed by atoms with E-state index in [1.807, 2.05) is 26.0 Å². The van der Waals surface area contributed by atoms with Crippen LogP contribution in [0.2, 0.25) is 0 Å². The summed E-state index contributed by atoms with van der Waals surface area (Å²) in [4.78, 5) is 13.1.